The van der Waals surface area contributed by atoms with E-state index in [0.29, 0.717) is 24.1 Å². The Balaban J connectivity index is 2.07. The van der Waals surface area contributed by atoms with Crippen LogP contribution in [0, 0.1) is 5.92 Å². The highest BCUT2D eigenvalue weighted by Crippen LogP contribution is 2.20. The van der Waals surface area contributed by atoms with E-state index in [2.05, 4.69) is 29.0 Å². The van der Waals surface area contributed by atoms with Gasteiger partial charge in [-0.3, -0.25) is 4.98 Å². The standard InChI is InChI=1S/C13H18N4O/c1-3-9(2)12(14)13-16-11(17-18-13)8-10-4-6-15-7-5-10/h4-7,9,12H,3,8,14H2,1-2H3. The van der Waals surface area contributed by atoms with Crippen molar-refractivity contribution in [3.05, 3.63) is 41.8 Å². The molecule has 96 valence electrons. The van der Waals surface area contributed by atoms with Crippen molar-refractivity contribution < 1.29 is 4.52 Å². The first-order valence-electron chi connectivity index (χ1n) is 6.17. The van der Waals surface area contributed by atoms with Crippen molar-refractivity contribution >= 4 is 0 Å². The zero-order valence-electron chi connectivity index (χ0n) is 10.7. The summed E-state index contributed by atoms with van der Waals surface area (Å²) in [6, 6.07) is 3.68. The summed E-state index contributed by atoms with van der Waals surface area (Å²) in [6.07, 6.45) is 5.13. The molecular formula is C13H18N4O. The van der Waals surface area contributed by atoms with Crippen LogP contribution in [0.5, 0.6) is 0 Å². The maximum atomic E-state index is 6.05. The van der Waals surface area contributed by atoms with Crippen molar-refractivity contribution in [2.24, 2.45) is 11.7 Å². The predicted octanol–water partition coefficient (Wildman–Crippen LogP) is 2.10. The molecule has 0 spiro atoms. The molecule has 0 aliphatic heterocycles. The van der Waals surface area contributed by atoms with Gasteiger partial charge in [-0.1, -0.05) is 25.4 Å². The van der Waals surface area contributed by atoms with Gasteiger partial charge < -0.3 is 10.3 Å². The molecule has 2 aromatic rings. The van der Waals surface area contributed by atoms with E-state index in [1.807, 2.05) is 12.1 Å². The summed E-state index contributed by atoms with van der Waals surface area (Å²) in [7, 11) is 0. The minimum Gasteiger partial charge on any atom is -0.338 e. The van der Waals surface area contributed by atoms with Crippen LogP contribution in [0.15, 0.2) is 29.0 Å². The molecule has 0 amide bonds. The minimum atomic E-state index is -0.186. The molecule has 18 heavy (non-hydrogen) atoms. The fourth-order valence-electron chi connectivity index (χ4n) is 1.66. The van der Waals surface area contributed by atoms with Crippen LogP contribution in [0.4, 0.5) is 0 Å². The lowest BCUT2D eigenvalue weighted by Gasteiger charge is -2.12. The molecule has 2 aromatic heterocycles. The number of pyridine rings is 1. The first-order chi connectivity index (χ1) is 8.70. The van der Waals surface area contributed by atoms with Crippen LogP contribution in [0.3, 0.4) is 0 Å². The lowest BCUT2D eigenvalue weighted by molar-refractivity contribution is 0.310. The van der Waals surface area contributed by atoms with Crippen LogP contribution in [0.1, 0.15) is 43.6 Å². The number of rotatable bonds is 5. The number of hydrogen-bond acceptors (Lipinski definition) is 5. The molecule has 0 saturated heterocycles. The zero-order valence-corrected chi connectivity index (χ0v) is 10.7. The number of nitrogens with two attached hydrogens (primary N) is 1. The van der Waals surface area contributed by atoms with Crippen molar-refractivity contribution in [1.82, 2.24) is 15.1 Å². The summed E-state index contributed by atoms with van der Waals surface area (Å²) in [5.41, 5.74) is 7.16. The normalized spacial score (nSPS) is 14.4. The molecule has 0 aromatic carbocycles. The first kappa shape index (κ1) is 12.7. The molecule has 0 radical (unpaired) electrons. The number of nitrogens with zero attached hydrogens (tertiary/aromatic N) is 3. The van der Waals surface area contributed by atoms with Gasteiger partial charge in [0.05, 0.1) is 6.04 Å². The van der Waals surface area contributed by atoms with Gasteiger partial charge in [0.1, 0.15) is 0 Å². The van der Waals surface area contributed by atoms with Crippen LogP contribution in [0.25, 0.3) is 0 Å². The molecule has 2 rings (SSSR count). The van der Waals surface area contributed by atoms with Crippen molar-refractivity contribution in [1.29, 1.82) is 0 Å². The van der Waals surface area contributed by atoms with E-state index in [4.69, 9.17) is 10.3 Å². The molecule has 0 aliphatic carbocycles. The summed E-state index contributed by atoms with van der Waals surface area (Å²) >= 11 is 0. The molecule has 0 aliphatic rings. The monoisotopic (exact) mass is 246 g/mol. The number of hydrogen-bond donors (Lipinski definition) is 1. The molecule has 2 unspecified atom stereocenters. The van der Waals surface area contributed by atoms with E-state index in [1.54, 1.807) is 12.4 Å². The van der Waals surface area contributed by atoms with E-state index in [-0.39, 0.29) is 6.04 Å². The molecular weight excluding hydrogens is 228 g/mol. The third-order valence-corrected chi connectivity index (χ3v) is 3.14. The summed E-state index contributed by atoms with van der Waals surface area (Å²) in [4.78, 5) is 8.32. The van der Waals surface area contributed by atoms with Gasteiger partial charge >= 0.3 is 0 Å². The van der Waals surface area contributed by atoms with Crippen LogP contribution >= 0.6 is 0 Å². The third-order valence-electron chi connectivity index (χ3n) is 3.14. The van der Waals surface area contributed by atoms with Crippen LogP contribution in [-0.4, -0.2) is 15.1 Å². The smallest absolute Gasteiger partial charge is 0.243 e. The highest BCUT2D eigenvalue weighted by atomic mass is 16.5. The van der Waals surface area contributed by atoms with Gasteiger partial charge in [0.15, 0.2) is 5.82 Å². The molecule has 0 fully saturated rings. The predicted molar refractivity (Wildman–Crippen MR) is 67.7 cm³/mol. The average Bonchev–Trinajstić information content (AvgIpc) is 2.86. The van der Waals surface area contributed by atoms with Gasteiger partial charge in [-0.05, 0) is 23.6 Å². The van der Waals surface area contributed by atoms with E-state index in [0.717, 1.165) is 12.0 Å². The van der Waals surface area contributed by atoms with Gasteiger partial charge in [-0.2, -0.15) is 4.98 Å². The highest BCUT2D eigenvalue weighted by molar-refractivity contribution is 5.14. The Labute approximate surface area is 106 Å². The summed E-state index contributed by atoms with van der Waals surface area (Å²) in [5, 5.41) is 3.96. The average molecular weight is 246 g/mol. The Morgan fingerprint density at radius 1 is 1.33 bits per heavy atom. The van der Waals surface area contributed by atoms with Crippen LogP contribution < -0.4 is 5.73 Å². The number of aromatic nitrogens is 3. The van der Waals surface area contributed by atoms with E-state index >= 15 is 0 Å². The van der Waals surface area contributed by atoms with Gasteiger partial charge in [-0.15, -0.1) is 0 Å². The summed E-state index contributed by atoms with van der Waals surface area (Å²) in [6.45, 7) is 4.18. The Morgan fingerprint density at radius 2 is 2.06 bits per heavy atom. The molecule has 5 nitrogen and oxygen atoms in total. The quantitative estimate of drug-likeness (QED) is 0.874. The van der Waals surface area contributed by atoms with Crippen molar-refractivity contribution in [3.63, 3.8) is 0 Å². The summed E-state index contributed by atoms with van der Waals surface area (Å²) in [5.74, 6) is 1.52. The molecule has 2 atom stereocenters. The molecule has 2 N–H and O–H groups in total. The van der Waals surface area contributed by atoms with Gasteiger partial charge in [0, 0.05) is 18.8 Å². The second-order valence-corrected chi connectivity index (χ2v) is 4.49. The molecule has 5 heteroatoms. The van der Waals surface area contributed by atoms with Crippen molar-refractivity contribution in [3.8, 4) is 0 Å². The topological polar surface area (TPSA) is 77.8 Å². The summed E-state index contributed by atoms with van der Waals surface area (Å²) < 4.78 is 5.22. The molecule has 0 saturated carbocycles. The van der Waals surface area contributed by atoms with Crippen LogP contribution in [-0.2, 0) is 6.42 Å². The Hall–Kier alpha value is -1.75. The SMILES string of the molecule is CCC(C)C(N)c1nc(Cc2ccncc2)no1. The lowest BCUT2D eigenvalue weighted by Crippen LogP contribution is -2.18. The molecule has 2 heterocycles. The van der Waals surface area contributed by atoms with Gasteiger partial charge in [0.2, 0.25) is 5.89 Å². The van der Waals surface area contributed by atoms with E-state index in [9.17, 15) is 0 Å². The second kappa shape index (κ2) is 5.73. The second-order valence-electron chi connectivity index (χ2n) is 4.49. The first-order valence-corrected chi connectivity index (χ1v) is 6.17. The fourth-order valence-corrected chi connectivity index (χ4v) is 1.66. The Bertz CT molecular complexity index is 483. The zero-order chi connectivity index (χ0) is 13.0. The fraction of sp³-hybridized carbons (Fsp3) is 0.462. The van der Waals surface area contributed by atoms with Crippen molar-refractivity contribution in [2.75, 3.05) is 0 Å². The Morgan fingerprint density at radius 3 is 2.72 bits per heavy atom. The minimum absolute atomic E-state index is 0.186. The van der Waals surface area contributed by atoms with Crippen LogP contribution in [0.2, 0.25) is 0 Å². The maximum Gasteiger partial charge on any atom is 0.243 e. The van der Waals surface area contributed by atoms with E-state index in [1.165, 1.54) is 0 Å². The van der Waals surface area contributed by atoms with Gasteiger partial charge in [0.25, 0.3) is 0 Å². The Kier molecular flexibility index (Phi) is 4.04. The highest BCUT2D eigenvalue weighted by Gasteiger charge is 2.19. The maximum absolute atomic E-state index is 6.05. The lowest BCUT2D eigenvalue weighted by atomic mass is 10.0. The van der Waals surface area contributed by atoms with E-state index < -0.39 is 0 Å². The van der Waals surface area contributed by atoms with Crippen molar-refractivity contribution in [2.45, 2.75) is 32.7 Å². The van der Waals surface area contributed by atoms with Gasteiger partial charge in [-0.25, -0.2) is 0 Å². The molecule has 0 bridgehead atoms. The third kappa shape index (κ3) is 2.92. The largest absolute Gasteiger partial charge is 0.338 e.